The quantitative estimate of drug-likeness (QED) is 0.626. The summed E-state index contributed by atoms with van der Waals surface area (Å²) in [5, 5.41) is 7.53. The number of halogens is 1. The number of rotatable bonds is 7. The van der Waals surface area contributed by atoms with Crippen LogP contribution in [-0.2, 0) is 6.42 Å². The van der Waals surface area contributed by atoms with E-state index in [1.807, 2.05) is 19.2 Å². The van der Waals surface area contributed by atoms with Gasteiger partial charge in [-0.2, -0.15) is 0 Å². The van der Waals surface area contributed by atoms with Crippen LogP contribution in [0.1, 0.15) is 60.9 Å². The fourth-order valence-electron chi connectivity index (χ4n) is 6.96. The van der Waals surface area contributed by atoms with Crippen molar-refractivity contribution in [2.24, 2.45) is 23.2 Å². The first-order valence-electron chi connectivity index (χ1n) is 11.5. The molecule has 0 atom stereocenters. The fourth-order valence-corrected chi connectivity index (χ4v) is 6.96. The Labute approximate surface area is 186 Å². The van der Waals surface area contributed by atoms with Gasteiger partial charge >= 0.3 is 0 Å². The molecule has 0 radical (unpaired) electrons. The van der Waals surface area contributed by atoms with Crippen molar-refractivity contribution in [3.63, 3.8) is 0 Å². The number of amides is 1. The summed E-state index contributed by atoms with van der Waals surface area (Å²) in [4.78, 5) is 17.8. The molecule has 4 saturated carbocycles. The smallest absolute Gasteiger partial charge is 0.252 e. The summed E-state index contributed by atoms with van der Waals surface area (Å²) in [6.45, 7) is 1.84. The molecule has 4 aliphatic rings. The van der Waals surface area contributed by atoms with Crippen LogP contribution >= 0.6 is 12.4 Å². The van der Waals surface area contributed by atoms with Crippen LogP contribution in [0.15, 0.2) is 30.5 Å². The van der Waals surface area contributed by atoms with Gasteiger partial charge in [0.25, 0.3) is 5.91 Å². The van der Waals surface area contributed by atoms with Gasteiger partial charge in [-0.05, 0) is 99.8 Å². The maximum atomic E-state index is 13.2. The molecule has 4 aliphatic carbocycles. The predicted octanol–water partition coefficient (Wildman–Crippen LogP) is 4.75. The van der Waals surface area contributed by atoms with Crippen molar-refractivity contribution in [1.29, 1.82) is 0 Å². The number of nitrogens with one attached hydrogen (secondary N) is 2. The molecular formula is C25H34ClN3O. The third kappa shape index (κ3) is 4.09. The Hall–Kier alpha value is -1.65. The number of carbonyl (C=O) groups excluding carboxylic acids is 1. The van der Waals surface area contributed by atoms with Crippen LogP contribution in [0.2, 0.25) is 0 Å². The van der Waals surface area contributed by atoms with E-state index >= 15 is 0 Å². The highest BCUT2D eigenvalue weighted by Gasteiger charge is 2.50. The largest absolute Gasteiger partial charge is 0.351 e. The van der Waals surface area contributed by atoms with Gasteiger partial charge in [-0.1, -0.05) is 18.2 Å². The van der Waals surface area contributed by atoms with Gasteiger partial charge in [-0.3, -0.25) is 9.78 Å². The van der Waals surface area contributed by atoms with E-state index in [-0.39, 0.29) is 18.3 Å². The number of nitrogens with zero attached hydrogens (tertiary/aromatic N) is 1. The maximum absolute atomic E-state index is 13.2. The Morgan fingerprint density at radius 3 is 2.47 bits per heavy atom. The molecule has 0 saturated heterocycles. The summed E-state index contributed by atoms with van der Waals surface area (Å²) in [5.41, 5.74) is 3.35. The number of pyridine rings is 1. The topological polar surface area (TPSA) is 54.0 Å². The normalized spacial score (nSPS) is 29.0. The first kappa shape index (κ1) is 21.6. The number of aromatic nitrogens is 1. The molecule has 2 aromatic rings. The standard InChI is InChI=1S/C25H33N3O.ClH/c1-26-8-3-5-20-4-2-6-21-22(7-9-27-23(20)21)24(29)28-16-25-13-17-10-18(14-25)12-19(11-17)15-25;/h2,4,6-7,9,17-19,26H,3,5,8,10-16H2,1H3,(H,28,29);1H. The van der Waals surface area contributed by atoms with Gasteiger partial charge in [0.2, 0.25) is 0 Å². The second-order valence-electron chi connectivity index (χ2n) is 9.98. The molecule has 0 spiro atoms. The second-order valence-corrected chi connectivity index (χ2v) is 9.98. The summed E-state index contributed by atoms with van der Waals surface area (Å²) < 4.78 is 0. The molecule has 30 heavy (non-hydrogen) atoms. The molecule has 4 fully saturated rings. The molecule has 1 aromatic heterocycles. The third-order valence-corrected chi connectivity index (χ3v) is 7.76. The summed E-state index contributed by atoms with van der Waals surface area (Å²) in [6.07, 6.45) is 12.1. The number of para-hydroxylation sites is 1. The van der Waals surface area contributed by atoms with Gasteiger partial charge < -0.3 is 10.6 Å². The van der Waals surface area contributed by atoms with E-state index in [0.717, 1.165) is 60.2 Å². The first-order valence-corrected chi connectivity index (χ1v) is 11.5. The van der Waals surface area contributed by atoms with Gasteiger partial charge in [0.1, 0.15) is 0 Å². The van der Waals surface area contributed by atoms with Crippen LogP contribution in [-0.4, -0.2) is 31.0 Å². The molecule has 162 valence electrons. The van der Waals surface area contributed by atoms with Gasteiger partial charge in [0.05, 0.1) is 11.1 Å². The fraction of sp³-hybridized carbons (Fsp3) is 0.600. The highest BCUT2D eigenvalue weighted by molar-refractivity contribution is 6.06. The van der Waals surface area contributed by atoms with E-state index in [0.29, 0.717) is 5.41 Å². The van der Waals surface area contributed by atoms with Crippen molar-refractivity contribution in [3.8, 4) is 0 Å². The number of carbonyl (C=O) groups is 1. The van der Waals surface area contributed by atoms with E-state index in [1.54, 1.807) is 6.20 Å². The molecular weight excluding hydrogens is 394 g/mol. The van der Waals surface area contributed by atoms with Crippen LogP contribution in [0.3, 0.4) is 0 Å². The zero-order valence-corrected chi connectivity index (χ0v) is 18.8. The van der Waals surface area contributed by atoms with Crippen LogP contribution in [0.25, 0.3) is 10.9 Å². The zero-order chi connectivity index (χ0) is 19.8. The number of hydrogen-bond acceptors (Lipinski definition) is 3. The van der Waals surface area contributed by atoms with Crippen LogP contribution < -0.4 is 10.6 Å². The van der Waals surface area contributed by atoms with Crippen molar-refractivity contribution in [2.45, 2.75) is 51.4 Å². The van der Waals surface area contributed by atoms with E-state index in [2.05, 4.69) is 27.8 Å². The molecule has 2 N–H and O–H groups in total. The van der Waals surface area contributed by atoms with Crippen molar-refractivity contribution >= 4 is 29.2 Å². The van der Waals surface area contributed by atoms with Crippen molar-refractivity contribution in [2.75, 3.05) is 20.1 Å². The van der Waals surface area contributed by atoms with E-state index in [1.165, 1.54) is 44.1 Å². The number of hydrogen-bond donors (Lipinski definition) is 2. The van der Waals surface area contributed by atoms with Crippen LogP contribution in [0.4, 0.5) is 0 Å². The average Bonchev–Trinajstić information content (AvgIpc) is 2.71. The van der Waals surface area contributed by atoms with Gasteiger partial charge in [0.15, 0.2) is 0 Å². The van der Waals surface area contributed by atoms with Crippen LogP contribution in [0.5, 0.6) is 0 Å². The Morgan fingerprint density at radius 1 is 1.10 bits per heavy atom. The van der Waals surface area contributed by atoms with Crippen molar-refractivity contribution in [3.05, 3.63) is 41.6 Å². The lowest BCUT2D eigenvalue weighted by atomic mass is 9.49. The molecule has 1 aromatic carbocycles. The van der Waals surface area contributed by atoms with Gasteiger partial charge in [0, 0.05) is 18.1 Å². The van der Waals surface area contributed by atoms with Crippen molar-refractivity contribution in [1.82, 2.24) is 15.6 Å². The summed E-state index contributed by atoms with van der Waals surface area (Å²) in [7, 11) is 1.98. The molecule has 4 bridgehead atoms. The first-order chi connectivity index (χ1) is 14.2. The molecule has 0 unspecified atom stereocenters. The predicted molar refractivity (Wildman–Crippen MR) is 124 cm³/mol. The molecule has 1 amide bonds. The highest BCUT2D eigenvalue weighted by atomic mass is 35.5. The lowest BCUT2D eigenvalue weighted by Crippen LogP contribution is -2.51. The Morgan fingerprint density at radius 2 is 1.80 bits per heavy atom. The van der Waals surface area contributed by atoms with Gasteiger partial charge in [-0.25, -0.2) is 0 Å². The number of aryl methyl sites for hydroxylation is 1. The zero-order valence-electron chi connectivity index (χ0n) is 18.0. The lowest BCUT2D eigenvalue weighted by molar-refractivity contribution is -0.0503. The minimum Gasteiger partial charge on any atom is -0.351 e. The Balaban J connectivity index is 0.00000218. The maximum Gasteiger partial charge on any atom is 0.252 e. The van der Waals surface area contributed by atoms with Crippen LogP contribution in [0, 0.1) is 23.2 Å². The third-order valence-electron chi connectivity index (χ3n) is 7.76. The summed E-state index contributed by atoms with van der Waals surface area (Å²) in [5.74, 6) is 2.82. The van der Waals surface area contributed by atoms with Crippen molar-refractivity contribution < 1.29 is 4.79 Å². The van der Waals surface area contributed by atoms with E-state index in [9.17, 15) is 4.79 Å². The molecule has 6 rings (SSSR count). The average molecular weight is 428 g/mol. The Bertz CT molecular complexity index is 877. The highest BCUT2D eigenvalue weighted by Crippen LogP contribution is 2.59. The van der Waals surface area contributed by atoms with E-state index < -0.39 is 0 Å². The van der Waals surface area contributed by atoms with E-state index in [4.69, 9.17) is 0 Å². The summed E-state index contributed by atoms with van der Waals surface area (Å²) in [6, 6.07) is 8.13. The molecule has 0 aliphatic heterocycles. The SMILES string of the molecule is CNCCCc1cccc2c(C(=O)NCC34CC5CC(CC(C5)C3)C4)ccnc12.Cl. The number of fused-ring (bicyclic) bond motifs is 1. The Kier molecular flexibility index (Phi) is 6.36. The second kappa shape index (κ2) is 8.84. The monoisotopic (exact) mass is 427 g/mol. The molecule has 1 heterocycles. The minimum atomic E-state index is 0. The summed E-state index contributed by atoms with van der Waals surface area (Å²) >= 11 is 0. The molecule has 4 nitrogen and oxygen atoms in total. The minimum absolute atomic E-state index is 0. The lowest BCUT2D eigenvalue weighted by Gasteiger charge is -2.56. The molecule has 5 heteroatoms. The van der Waals surface area contributed by atoms with Gasteiger partial charge in [-0.15, -0.1) is 12.4 Å². The number of benzene rings is 1.